The number of hydrogen-bond acceptors (Lipinski definition) is 3. The number of anilines is 1. The third-order valence-corrected chi connectivity index (χ3v) is 3.46. The summed E-state index contributed by atoms with van der Waals surface area (Å²) in [4.78, 5) is 6.55. The molecule has 2 rings (SSSR count). The summed E-state index contributed by atoms with van der Waals surface area (Å²) in [5, 5.41) is 0.656. The van der Waals surface area contributed by atoms with E-state index in [1.807, 2.05) is 6.07 Å². The molecule has 1 saturated carbocycles. The third kappa shape index (κ3) is 2.08. The van der Waals surface area contributed by atoms with Crippen LogP contribution >= 0.6 is 11.6 Å². The summed E-state index contributed by atoms with van der Waals surface area (Å²) in [5.41, 5.74) is 6.58. The summed E-state index contributed by atoms with van der Waals surface area (Å²) in [7, 11) is 2.08. The Morgan fingerprint density at radius 1 is 1.60 bits per heavy atom. The van der Waals surface area contributed by atoms with Crippen LogP contribution in [-0.2, 0) is 6.54 Å². The van der Waals surface area contributed by atoms with Crippen LogP contribution in [0, 0.1) is 0 Å². The van der Waals surface area contributed by atoms with Crippen molar-refractivity contribution in [3.63, 3.8) is 0 Å². The third-order valence-electron chi connectivity index (χ3n) is 3.12. The summed E-state index contributed by atoms with van der Waals surface area (Å²) in [5.74, 6) is 0.976. The van der Waals surface area contributed by atoms with Crippen molar-refractivity contribution >= 4 is 17.4 Å². The van der Waals surface area contributed by atoms with E-state index < -0.39 is 0 Å². The highest BCUT2D eigenvalue weighted by Crippen LogP contribution is 2.28. The summed E-state index contributed by atoms with van der Waals surface area (Å²) < 4.78 is 0. The molecule has 1 aliphatic carbocycles. The minimum atomic E-state index is 0.465. The zero-order valence-electron chi connectivity index (χ0n) is 8.91. The molecule has 0 spiro atoms. The van der Waals surface area contributed by atoms with Crippen molar-refractivity contribution in [3.05, 3.63) is 22.8 Å². The standard InChI is InChI=1S/C11H16ClN3/c1-15(9-3-2-4-9)11-5-8(6-13)10(12)7-14-11/h5,7,9H,2-4,6,13H2,1H3. The summed E-state index contributed by atoms with van der Waals surface area (Å²) >= 11 is 5.97. The summed E-state index contributed by atoms with van der Waals surface area (Å²) in [6.07, 6.45) is 5.54. The van der Waals surface area contributed by atoms with Gasteiger partial charge in [0.1, 0.15) is 5.82 Å². The molecular weight excluding hydrogens is 210 g/mol. The summed E-state index contributed by atoms with van der Waals surface area (Å²) in [6, 6.07) is 2.63. The number of rotatable bonds is 3. The fraction of sp³-hybridized carbons (Fsp3) is 0.545. The average Bonchev–Trinajstić information content (AvgIpc) is 2.15. The largest absolute Gasteiger partial charge is 0.357 e. The van der Waals surface area contributed by atoms with Crippen LogP contribution in [0.5, 0.6) is 0 Å². The molecule has 0 saturated heterocycles. The van der Waals surface area contributed by atoms with Crippen LogP contribution in [-0.4, -0.2) is 18.1 Å². The molecule has 1 fully saturated rings. The highest BCUT2D eigenvalue weighted by molar-refractivity contribution is 6.31. The Morgan fingerprint density at radius 2 is 2.33 bits per heavy atom. The van der Waals surface area contributed by atoms with Crippen LogP contribution in [0.4, 0.5) is 5.82 Å². The Kier molecular flexibility index (Phi) is 3.12. The van der Waals surface area contributed by atoms with Crippen molar-refractivity contribution in [3.8, 4) is 0 Å². The summed E-state index contributed by atoms with van der Waals surface area (Å²) in [6.45, 7) is 0.465. The van der Waals surface area contributed by atoms with Crippen LogP contribution in [0.2, 0.25) is 5.02 Å². The fourth-order valence-corrected chi connectivity index (χ4v) is 1.96. The molecule has 0 aromatic carbocycles. The lowest BCUT2D eigenvalue weighted by molar-refractivity contribution is 0.399. The first kappa shape index (κ1) is 10.7. The van der Waals surface area contributed by atoms with Gasteiger partial charge in [-0.25, -0.2) is 4.98 Å². The molecule has 0 unspecified atom stereocenters. The number of aromatic nitrogens is 1. The Labute approximate surface area is 95.2 Å². The predicted molar refractivity (Wildman–Crippen MR) is 63.2 cm³/mol. The first-order valence-electron chi connectivity index (χ1n) is 5.29. The van der Waals surface area contributed by atoms with Crippen LogP contribution in [0.3, 0.4) is 0 Å². The molecule has 2 N–H and O–H groups in total. The van der Waals surface area contributed by atoms with Gasteiger partial charge in [0.05, 0.1) is 5.02 Å². The predicted octanol–water partition coefficient (Wildman–Crippen LogP) is 2.18. The molecule has 0 atom stereocenters. The van der Waals surface area contributed by atoms with Crippen LogP contribution in [0.15, 0.2) is 12.3 Å². The maximum Gasteiger partial charge on any atom is 0.128 e. The molecule has 0 amide bonds. The van der Waals surface area contributed by atoms with E-state index in [0.717, 1.165) is 11.4 Å². The lowest BCUT2D eigenvalue weighted by atomic mass is 9.92. The van der Waals surface area contributed by atoms with Gasteiger partial charge in [-0.3, -0.25) is 0 Å². The molecule has 0 radical (unpaired) electrons. The van der Waals surface area contributed by atoms with Gasteiger partial charge in [0.2, 0.25) is 0 Å². The Morgan fingerprint density at radius 3 is 2.87 bits per heavy atom. The quantitative estimate of drug-likeness (QED) is 0.858. The van der Waals surface area contributed by atoms with Crippen molar-refractivity contribution in [2.24, 2.45) is 5.73 Å². The van der Waals surface area contributed by atoms with Crippen LogP contribution in [0.25, 0.3) is 0 Å². The lowest BCUT2D eigenvalue weighted by Crippen LogP contribution is -2.37. The fourth-order valence-electron chi connectivity index (χ4n) is 1.78. The van der Waals surface area contributed by atoms with Crippen molar-refractivity contribution in [1.82, 2.24) is 4.98 Å². The van der Waals surface area contributed by atoms with Gasteiger partial charge in [-0.2, -0.15) is 0 Å². The molecule has 4 heteroatoms. The maximum absolute atomic E-state index is 5.97. The molecule has 1 aliphatic rings. The molecular formula is C11H16ClN3. The smallest absolute Gasteiger partial charge is 0.128 e. The number of halogens is 1. The SMILES string of the molecule is CN(c1cc(CN)c(Cl)cn1)C1CCC1. The molecule has 82 valence electrons. The van der Waals surface area contributed by atoms with Crippen molar-refractivity contribution < 1.29 is 0 Å². The number of nitrogens with two attached hydrogens (primary N) is 1. The first-order valence-corrected chi connectivity index (χ1v) is 5.67. The first-order chi connectivity index (χ1) is 7.22. The molecule has 3 nitrogen and oxygen atoms in total. The zero-order chi connectivity index (χ0) is 10.8. The second kappa shape index (κ2) is 4.37. The van der Waals surface area contributed by atoms with Gasteiger partial charge < -0.3 is 10.6 Å². The topological polar surface area (TPSA) is 42.1 Å². The number of pyridine rings is 1. The van der Waals surface area contributed by atoms with Gasteiger partial charge in [0.15, 0.2) is 0 Å². The monoisotopic (exact) mass is 225 g/mol. The molecule has 0 aliphatic heterocycles. The Bertz CT molecular complexity index is 350. The van der Waals surface area contributed by atoms with Crippen molar-refractivity contribution in [1.29, 1.82) is 0 Å². The highest BCUT2D eigenvalue weighted by atomic mass is 35.5. The maximum atomic E-state index is 5.97. The van der Waals surface area contributed by atoms with Crippen molar-refractivity contribution in [2.75, 3.05) is 11.9 Å². The minimum absolute atomic E-state index is 0.465. The van der Waals surface area contributed by atoms with Crippen molar-refractivity contribution in [2.45, 2.75) is 31.8 Å². The number of hydrogen-bond donors (Lipinski definition) is 1. The molecule has 15 heavy (non-hydrogen) atoms. The van der Waals surface area contributed by atoms with E-state index in [9.17, 15) is 0 Å². The van der Waals surface area contributed by atoms with Gasteiger partial charge in [-0.1, -0.05) is 11.6 Å². The second-order valence-electron chi connectivity index (χ2n) is 4.03. The second-order valence-corrected chi connectivity index (χ2v) is 4.44. The Balaban J connectivity index is 2.20. The number of nitrogens with zero attached hydrogens (tertiary/aromatic N) is 2. The highest BCUT2D eigenvalue weighted by Gasteiger charge is 2.23. The molecule has 0 bridgehead atoms. The van der Waals surface area contributed by atoms with Gasteiger partial charge in [-0.15, -0.1) is 0 Å². The Hall–Kier alpha value is -0.800. The molecule has 1 aromatic rings. The molecule has 1 aromatic heterocycles. The lowest BCUT2D eigenvalue weighted by Gasteiger charge is -2.35. The van der Waals surface area contributed by atoms with E-state index in [-0.39, 0.29) is 0 Å². The van der Waals surface area contributed by atoms with E-state index in [1.54, 1.807) is 6.20 Å². The zero-order valence-corrected chi connectivity index (χ0v) is 9.67. The average molecular weight is 226 g/mol. The minimum Gasteiger partial charge on any atom is -0.357 e. The normalized spacial score (nSPS) is 16.2. The molecule has 1 heterocycles. The van der Waals surface area contributed by atoms with Gasteiger partial charge in [-0.05, 0) is 30.9 Å². The van der Waals surface area contributed by atoms with Crippen LogP contribution < -0.4 is 10.6 Å². The van der Waals surface area contributed by atoms with Crippen LogP contribution in [0.1, 0.15) is 24.8 Å². The van der Waals surface area contributed by atoms with E-state index in [0.29, 0.717) is 17.6 Å². The van der Waals surface area contributed by atoms with Gasteiger partial charge in [0.25, 0.3) is 0 Å². The van der Waals surface area contributed by atoms with E-state index in [1.165, 1.54) is 19.3 Å². The van der Waals surface area contributed by atoms with E-state index in [2.05, 4.69) is 16.9 Å². The van der Waals surface area contributed by atoms with Gasteiger partial charge >= 0.3 is 0 Å². The van der Waals surface area contributed by atoms with E-state index in [4.69, 9.17) is 17.3 Å². The van der Waals surface area contributed by atoms with Gasteiger partial charge in [0, 0.05) is 25.8 Å². The van der Waals surface area contributed by atoms with E-state index >= 15 is 0 Å².